The van der Waals surface area contributed by atoms with Crippen molar-refractivity contribution in [3.63, 3.8) is 0 Å². The van der Waals surface area contributed by atoms with Gasteiger partial charge in [0.15, 0.2) is 0 Å². The Kier molecular flexibility index (Phi) is 3.04. The van der Waals surface area contributed by atoms with Crippen LogP contribution in [-0.2, 0) is 14.9 Å². The van der Waals surface area contributed by atoms with Crippen molar-refractivity contribution in [1.29, 1.82) is 0 Å². The van der Waals surface area contributed by atoms with Gasteiger partial charge in [0.2, 0.25) is 0 Å². The zero-order valence-corrected chi connectivity index (χ0v) is 11.5. The molecule has 1 saturated carbocycles. The van der Waals surface area contributed by atoms with Crippen LogP contribution >= 0.6 is 15.9 Å². The molecule has 0 saturated heterocycles. The van der Waals surface area contributed by atoms with Crippen LogP contribution in [0.25, 0.3) is 0 Å². The molecule has 1 N–H and O–H groups in total. The van der Waals surface area contributed by atoms with Gasteiger partial charge in [0, 0.05) is 4.47 Å². The lowest BCUT2D eigenvalue weighted by atomic mass is 9.56. The second kappa shape index (κ2) is 4.10. The van der Waals surface area contributed by atoms with Crippen LogP contribution in [0.1, 0.15) is 25.3 Å². The maximum Gasteiger partial charge on any atom is 0.316 e. The van der Waals surface area contributed by atoms with Crippen molar-refractivity contribution in [3.8, 4) is 0 Å². The molecule has 1 aromatic carbocycles. The minimum atomic E-state index is -0.781. The molecule has 2 rings (SSSR count). The van der Waals surface area contributed by atoms with E-state index in [1.807, 2.05) is 24.3 Å². The highest BCUT2D eigenvalue weighted by atomic mass is 79.9. The number of carbonyl (C=O) groups is 1. The van der Waals surface area contributed by atoms with Crippen molar-refractivity contribution in [2.24, 2.45) is 0 Å². The molecule has 17 heavy (non-hydrogen) atoms. The van der Waals surface area contributed by atoms with Crippen LogP contribution in [0.2, 0.25) is 0 Å². The van der Waals surface area contributed by atoms with E-state index in [4.69, 9.17) is 4.74 Å². The summed E-state index contributed by atoms with van der Waals surface area (Å²) in [5.41, 5.74) is -0.580. The van der Waals surface area contributed by atoms with E-state index in [9.17, 15) is 9.90 Å². The normalized spacial score (nSPS) is 31.8. The average Bonchev–Trinajstić information content (AvgIpc) is 2.24. The molecule has 0 amide bonds. The Hall–Kier alpha value is -0.870. The van der Waals surface area contributed by atoms with Gasteiger partial charge in [-0.15, -0.1) is 0 Å². The van der Waals surface area contributed by atoms with E-state index in [0.717, 1.165) is 10.0 Å². The number of aliphatic hydroxyl groups is 1. The first-order valence-corrected chi connectivity index (χ1v) is 6.26. The molecular weight excluding hydrogens is 284 g/mol. The molecule has 3 nitrogen and oxygen atoms in total. The molecule has 0 unspecified atom stereocenters. The van der Waals surface area contributed by atoms with Gasteiger partial charge in [-0.2, -0.15) is 0 Å². The largest absolute Gasteiger partial charge is 0.468 e. The summed E-state index contributed by atoms with van der Waals surface area (Å²) in [6.07, 6.45) is 0.812. The monoisotopic (exact) mass is 298 g/mol. The Morgan fingerprint density at radius 1 is 1.47 bits per heavy atom. The van der Waals surface area contributed by atoms with Gasteiger partial charge in [-0.3, -0.25) is 4.79 Å². The van der Waals surface area contributed by atoms with Gasteiger partial charge in [-0.05, 0) is 37.5 Å². The molecule has 92 valence electrons. The van der Waals surface area contributed by atoms with E-state index in [-0.39, 0.29) is 5.97 Å². The minimum absolute atomic E-state index is 0.276. The molecule has 0 bridgehead atoms. The Labute approximate surface area is 109 Å². The van der Waals surface area contributed by atoms with Gasteiger partial charge in [0.1, 0.15) is 0 Å². The third-order valence-electron chi connectivity index (χ3n) is 3.32. The van der Waals surface area contributed by atoms with Crippen molar-refractivity contribution < 1.29 is 14.6 Å². The fourth-order valence-electron chi connectivity index (χ4n) is 2.70. The van der Waals surface area contributed by atoms with Crippen LogP contribution in [0.5, 0.6) is 0 Å². The second-order valence-corrected chi connectivity index (χ2v) is 5.85. The van der Waals surface area contributed by atoms with Crippen LogP contribution in [0.4, 0.5) is 0 Å². The maximum absolute atomic E-state index is 12.0. The summed E-state index contributed by atoms with van der Waals surface area (Å²) in [6, 6.07) is 7.60. The summed E-state index contributed by atoms with van der Waals surface area (Å²) in [6.45, 7) is 1.74. The van der Waals surface area contributed by atoms with Gasteiger partial charge in [0.25, 0.3) is 0 Å². The second-order valence-electron chi connectivity index (χ2n) is 4.93. The van der Waals surface area contributed by atoms with Gasteiger partial charge < -0.3 is 9.84 Å². The van der Waals surface area contributed by atoms with Gasteiger partial charge in [-0.25, -0.2) is 0 Å². The van der Waals surface area contributed by atoms with E-state index >= 15 is 0 Å². The molecule has 1 aliphatic carbocycles. The molecule has 1 aromatic rings. The molecule has 0 radical (unpaired) electrons. The first-order chi connectivity index (χ1) is 7.89. The number of esters is 1. The van der Waals surface area contributed by atoms with E-state index in [1.165, 1.54) is 7.11 Å². The molecular formula is C13H15BrO3. The number of rotatable bonds is 2. The average molecular weight is 299 g/mol. The SMILES string of the molecule is COC(=O)[C@]1(c2cccc(Br)c2)C[C@](C)(O)C1. The van der Waals surface area contributed by atoms with E-state index in [0.29, 0.717) is 12.8 Å². The number of methoxy groups -OCH3 is 1. The molecule has 1 fully saturated rings. The Balaban J connectivity index is 2.40. The van der Waals surface area contributed by atoms with Crippen LogP contribution in [0.3, 0.4) is 0 Å². The minimum Gasteiger partial charge on any atom is -0.468 e. The van der Waals surface area contributed by atoms with E-state index in [2.05, 4.69) is 15.9 Å². The molecule has 0 aromatic heterocycles. The predicted octanol–water partition coefficient (Wildman–Crippen LogP) is 2.40. The Morgan fingerprint density at radius 3 is 2.59 bits per heavy atom. The number of benzene rings is 1. The first kappa shape index (κ1) is 12.6. The molecule has 0 aliphatic heterocycles. The Bertz CT molecular complexity index is 446. The highest BCUT2D eigenvalue weighted by molar-refractivity contribution is 9.10. The number of ether oxygens (including phenoxy) is 1. The highest BCUT2D eigenvalue weighted by Crippen LogP contribution is 2.51. The van der Waals surface area contributed by atoms with Crippen molar-refractivity contribution in [3.05, 3.63) is 34.3 Å². The van der Waals surface area contributed by atoms with Crippen LogP contribution in [0, 0.1) is 0 Å². The van der Waals surface area contributed by atoms with Crippen LogP contribution < -0.4 is 0 Å². The smallest absolute Gasteiger partial charge is 0.316 e. The predicted molar refractivity (Wildman–Crippen MR) is 67.7 cm³/mol. The fraction of sp³-hybridized carbons (Fsp3) is 0.462. The molecule has 4 heteroatoms. The molecule has 1 aliphatic rings. The zero-order valence-electron chi connectivity index (χ0n) is 9.87. The lowest BCUT2D eigenvalue weighted by Crippen LogP contribution is -2.57. The van der Waals surface area contributed by atoms with E-state index < -0.39 is 11.0 Å². The summed E-state index contributed by atoms with van der Waals surface area (Å²) in [7, 11) is 1.38. The number of hydrogen-bond acceptors (Lipinski definition) is 3. The van der Waals surface area contributed by atoms with Crippen molar-refractivity contribution in [1.82, 2.24) is 0 Å². The summed E-state index contributed by atoms with van der Waals surface area (Å²) in [5.74, 6) is -0.276. The molecule has 0 atom stereocenters. The standard InChI is InChI=1S/C13H15BrO3/c1-12(16)7-13(8-12,11(15)17-2)9-4-3-5-10(14)6-9/h3-6,16H,7-8H2,1-2H3/t12-,13+. The summed E-state index contributed by atoms with van der Waals surface area (Å²) in [5, 5.41) is 9.90. The van der Waals surface area contributed by atoms with E-state index in [1.54, 1.807) is 6.92 Å². The Morgan fingerprint density at radius 2 is 2.12 bits per heavy atom. The maximum atomic E-state index is 12.0. The number of carbonyl (C=O) groups excluding carboxylic acids is 1. The van der Waals surface area contributed by atoms with Gasteiger partial charge >= 0.3 is 5.97 Å². The fourth-order valence-corrected chi connectivity index (χ4v) is 3.10. The quantitative estimate of drug-likeness (QED) is 0.853. The topological polar surface area (TPSA) is 46.5 Å². The third kappa shape index (κ3) is 2.11. The van der Waals surface area contributed by atoms with Crippen molar-refractivity contribution in [2.75, 3.05) is 7.11 Å². The number of hydrogen-bond donors (Lipinski definition) is 1. The summed E-state index contributed by atoms with van der Waals surface area (Å²) < 4.78 is 5.80. The molecule has 0 spiro atoms. The lowest BCUT2D eigenvalue weighted by molar-refractivity contribution is -0.165. The van der Waals surface area contributed by atoms with Crippen molar-refractivity contribution in [2.45, 2.75) is 30.8 Å². The summed E-state index contributed by atoms with van der Waals surface area (Å²) >= 11 is 3.39. The zero-order chi connectivity index (χ0) is 12.7. The molecule has 0 heterocycles. The van der Waals surface area contributed by atoms with Crippen LogP contribution in [0.15, 0.2) is 28.7 Å². The highest BCUT2D eigenvalue weighted by Gasteiger charge is 2.57. The first-order valence-electron chi connectivity index (χ1n) is 5.46. The third-order valence-corrected chi connectivity index (χ3v) is 3.81. The van der Waals surface area contributed by atoms with Gasteiger partial charge in [-0.1, -0.05) is 28.1 Å². The van der Waals surface area contributed by atoms with Gasteiger partial charge in [0.05, 0.1) is 18.1 Å². The lowest BCUT2D eigenvalue weighted by Gasteiger charge is -2.49. The van der Waals surface area contributed by atoms with Crippen molar-refractivity contribution >= 4 is 21.9 Å². The number of halogens is 1. The van der Waals surface area contributed by atoms with Crippen LogP contribution in [-0.4, -0.2) is 23.8 Å². The summed E-state index contributed by atoms with van der Waals surface area (Å²) in [4.78, 5) is 12.0.